The van der Waals surface area contributed by atoms with Gasteiger partial charge in [-0.2, -0.15) is 0 Å². The van der Waals surface area contributed by atoms with Gasteiger partial charge in [0, 0.05) is 0 Å². The molecule has 7 nitrogen and oxygen atoms in total. The highest BCUT2D eigenvalue weighted by atomic mass is 16.6. The van der Waals surface area contributed by atoms with E-state index in [0.717, 1.165) is 6.08 Å². The Morgan fingerprint density at radius 3 is 2.06 bits per heavy atom. The maximum absolute atomic E-state index is 11.5. The van der Waals surface area contributed by atoms with Crippen molar-refractivity contribution in [3.63, 3.8) is 0 Å². The second-order valence-electron chi connectivity index (χ2n) is 3.49. The van der Waals surface area contributed by atoms with Crippen LogP contribution in [-0.4, -0.2) is 40.5 Å². The van der Waals surface area contributed by atoms with Crippen molar-refractivity contribution < 1.29 is 34.1 Å². The highest BCUT2D eigenvalue weighted by Gasteiger charge is 2.30. The number of carbonyl (C=O) groups is 3. The number of hydrogen-bond donors (Lipinski definition) is 2. The van der Waals surface area contributed by atoms with Gasteiger partial charge in [-0.3, -0.25) is 14.4 Å². The highest BCUT2D eigenvalue weighted by Crippen LogP contribution is 2.11. The molecule has 0 amide bonds. The number of ketones is 1. The second-order valence-corrected chi connectivity index (χ2v) is 3.49. The minimum Gasteiger partial charge on any atom is -0.436 e. The fourth-order valence-corrected chi connectivity index (χ4v) is 1.10. The van der Waals surface area contributed by atoms with Gasteiger partial charge in [-0.15, -0.1) is 0 Å². The molecule has 0 aromatic heterocycles. The molecule has 0 aliphatic rings. The zero-order valence-corrected chi connectivity index (χ0v) is 10.2. The Labute approximate surface area is 104 Å². The zero-order valence-electron chi connectivity index (χ0n) is 10.2. The Morgan fingerprint density at radius 1 is 1.17 bits per heavy atom. The summed E-state index contributed by atoms with van der Waals surface area (Å²) in [5.74, 6) is -4.17. The third-order valence-electron chi connectivity index (χ3n) is 1.79. The minimum absolute atomic E-state index is 0.596. The predicted octanol–water partition coefficient (Wildman–Crippen LogP) is -0.489. The van der Waals surface area contributed by atoms with Crippen LogP contribution >= 0.6 is 0 Å². The van der Waals surface area contributed by atoms with E-state index in [-0.39, 0.29) is 0 Å². The molecule has 0 radical (unpaired) electrons. The van der Waals surface area contributed by atoms with Gasteiger partial charge in [0.1, 0.15) is 5.92 Å². The first-order valence-corrected chi connectivity index (χ1v) is 5.20. The van der Waals surface area contributed by atoms with Crippen LogP contribution in [0.25, 0.3) is 0 Å². The van der Waals surface area contributed by atoms with Crippen LogP contribution in [0.5, 0.6) is 0 Å². The van der Waals surface area contributed by atoms with Crippen LogP contribution < -0.4 is 0 Å². The van der Waals surface area contributed by atoms with Gasteiger partial charge >= 0.3 is 11.9 Å². The highest BCUT2D eigenvalue weighted by molar-refractivity contribution is 6.06. The standard InChI is InChI=1S/C11H16O7/c1-4-9(14)8(11(16)18-7(3)13)5-10(15)17-6(2)12/h4,6-8,12-13H,1,5H2,2-3H3. The Balaban J connectivity index is 4.69. The van der Waals surface area contributed by atoms with Crippen LogP contribution in [-0.2, 0) is 23.9 Å². The van der Waals surface area contributed by atoms with Gasteiger partial charge < -0.3 is 19.7 Å². The third kappa shape index (κ3) is 6.12. The summed E-state index contributed by atoms with van der Waals surface area (Å²) in [5.41, 5.74) is 0. The van der Waals surface area contributed by atoms with Crippen molar-refractivity contribution >= 4 is 17.7 Å². The van der Waals surface area contributed by atoms with Crippen molar-refractivity contribution in [3.05, 3.63) is 12.7 Å². The molecule has 18 heavy (non-hydrogen) atoms. The predicted molar refractivity (Wildman–Crippen MR) is 58.9 cm³/mol. The molecule has 2 N–H and O–H groups in total. The molecule has 0 heterocycles. The van der Waals surface area contributed by atoms with E-state index in [9.17, 15) is 14.4 Å². The SMILES string of the molecule is C=CC(=O)C(CC(=O)OC(C)O)C(=O)OC(C)O. The second kappa shape index (κ2) is 7.57. The van der Waals surface area contributed by atoms with E-state index in [4.69, 9.17) is 10.2 Å². The fourth-order valence-electron chi connectivity index (χ4n) is 1.10. The number of ether oxygens (including phenoxy) is 2. The first kappa shape index (κ1) is 16.3. The van der Waals surface area contributed by atoms with E-state index < -0.39 is 42.6 Å². The van der Waals surface area contributed by atoms with E-state index >= 15 is 0 Å². The topological polar surface area (TPSA) is 110 Å². The number of esters is 2. The van der Waals surface area contributed by atoms with Crippen molar-refractivity contribution in [2.24, 2.45) is 5.92 Å². The van der Waals surface area contributed by atoms with E-state index in [0.29, 0.717) is 0 Å². The van der Waals surface area contributed by atoms with E-state index in [1.165, 1.54) is 13.8 Å². The summed E-state index contributed by atoms with van der Waals surface area (Å²) in [5, 5.41) is 17.7. The van der Waals surface area contributed by atoms with Crippen molar-refractivity contribution in [1.82, 2.24) is 0 Å². The Bertz CT molecular complexity index is 332. The molecular weight excluding hydrogens is 244 g/mol. The molecule has 3 atom stereocenters. The van der Waals surface area contributed by atoms with Crippen molar-refractivity contribution in [3.8, 4) is 0 Å². The quantitative estimate of drug-likeness (QED) is 0.275. The molecule has 0 aromatic rings. The monoisotopic (exact) mass is 260 g/mol. The lowest BCUT2D eigenvalue weighted by atomic mass is 10.0. The summed E-state index contributed by atoms with van der Waals surface area (Å²) in [6.07, 6.45) is -2.47. The maximum atomic E-state index is 11.5. The van der Waals surface area contributed by atoms with Crippen molar-refractivity contribution in [1.29, 1.82) is 0 Å². The fraction of sp³-hybridized carbons (Fsp3) is 0.545. The van der Waals surface area contributed by atoms with Gasteiger partial charge in [0.05, 0.1) is 6.42 Å². The Kier molecular flexibility index (Phi) is 6.84. The molecule has 102 valence electrons. The molecule has 0 aromatic carbocycles. The van der Waals surface area contributed by atoms with E-state index in [2.05, 4.69) is 16.1 Å². The summed E-state index contributed by atoms with van der Waals surface area (Å²) in [4.78, 5) is 34.1. The zero-order chi connectivity index (χ0) is 14.3. The molecule has 0 bridgehead atoms. The summed E-state index contributed by atoms with van der Waals surface area (Å²) in [6, 6.07) is 0. The van der Waals surface area contributed by atoms with Gasteiger partial charge in [-0.1, -0.05) is 6.58 Å². The number of allylic oxidation sites excluding steroid dienone is 1. The van der Waals surface area contributed by atoms with Crippen LogP contribution in [0.15, 0.2) is 12.7 Å². The molecule has 0 saturated carbocycles. The van der Waals surface area contributed by atoms with Crippen LogP contribution in [0.3, 0.4) is 0 Å². The van der Waals surface area contributed by atoms with Gasteiger partial charge in [-0.05, 0) is 19.9 Å². The van der Waals surface area contributed by atoms with Gasteiger partial charge in [0.15, 0.2) is 18.4 Å². The molecule has 0 fully saturated rings. The van der Waals surface area contributed by atoms with Crippen LogP contribution in [0.4, 0.5) is 0 Å². The van der Waals surface area contributed by atoms with E-state index in [1.807, 2.05) is 0 Å². The van der Waals surface area contributed by atoms with Crippen molar-refractivity contribution in [2.75, 3.05) is 0 Å². The first-order valence-electron chi connectivity index (χ1n) is 5.20. The number of rotatable bonds is 7. The molecule has 0 spiro atoms. The largest absolute Gasteiger partial charge is 0.436 e. The van der Waals surface area contributed by atoms with Gasteiger partial charge in [0.25, 0.3) is 0 Å². The Morgan fingerprint density at radius 2 is 1.67 bits per heavy atom. The maximum Gasteiger partial charge on any atom is 0.319 e. The third-order valence-corrected chi connectivity index (χ3v) is 1.79. The number of carbonyl (C=O) groups excluding carboxylic acids is 3. The average Bonchev–Trinajstić information content (AvgIpc) is 2.22. The number of aliphatic hydroxyl groups is 2. The van der Waals surface area contributed by atoms with Gasteiger partial charge in [0.2, 0.25) is 0 Å². The summed E-state index contributed by atoms with van der Waals surface area (Å²) in [6.45, 7) is 5.58. The lowest BCUT2D eigenvalue weighted by molar-refractivity contribution is -0.177. The minimum atomic E-state index is -1.44. The molecule has 0 aliphatic heterocycles. The lowest BCUT2D eigenvalue weighted by Gasteiger charge is -2.15. The number of hydrogen-bond acceptors (Lipinski definition) is 7. The van der Waals surface area contributed by atoms with Crippen LogP contribution in [0.2, 0.25) is 0 Å². The molecule has 0 saturated heterocycles. The Hall–Kier alpha value is -1.73. The normalized spacial score (nSPS) is 15.1. The average molecular weight is 260 g/mol. The van der Waals surface area contributed by atoms with Crippen LogP contribution in [0.1, 0.15) is 20.3 Å². The number of aliphatic hydroxyl groups excluding tert-OH is 2. The molecule has 0 rings (SSSR count). The molecule has 0 aliphatic carbocycles. The smallest absolute Gasteiger partial charge is 0.319 e. The van der Waals surface area contributed by atoms with E-state index in [1.54, 1.807) is 0 Å². The van der Waals surface area contributed by atoms with Crippen molar-refractivity contribution in [2.45, 2.75) is 32.8 Å². The summed E-state index contributed by atoms with van der Waals surface area (Å²) in [7, 11) is 0. The summed E-state index contributed by atoms with van der Waals surface area (Å²) < 4.78 is 8.81. The first-order chi connectivity index (χ1) is 8.27. The van der Waals surface area contributed by atoms with Crippen LogP contribution in [0, 0.1) is 5.92 Å². The van der Waals surface area contributed by atoms with Gasteiger partial charge in [-0.25, -0.2) is 0 Å². The lowest BCUT2D eigenvalue weighted by Crippen LogP contribution is -2.31. The molecule has 3 unspecified atom stereocenters. The summed E-state index contributed by atoms with van der Waals surface area (Å²) >= 11 is 0. The molecular formula is C11H16O7. The molecule has 7 heteroatoms.